The lowest BCUT2D eigenvalue weighted by Crippen LogP contribution is -2.50. The molecule has 1 saturated carbocycles. The Balaban J connectivity index is 1.11. The van der Waals surface area contributed by atoms with Gasteiger partial charge in [0, 0.05) is 54.5 Å². The maximum atomic E-state index is 13.4. The maximum absolute atomic E-state index is 13.4. The highest BCUT2D eigenvalue weighted by Crippen LogP contribution is 2.46. The number of benzene rings is 2. The predicted octanol–water partition coefficient (Wildman–Crippen LogP) is 5.81. The molecule has 3 aliphatic rings. The molecule has 0 radical (unpaired) electrons. The van der Waals surface area contributed by atoms with E-state index in [0.717, 1.165) is 41.3 Å². The molecule has 11 nitrogen and oxygen atoms in total. The van der Waals surface area contributed by atoms with Crippen molar-refractivity contribution in [2.75, 3.05) is 19.4 Å². The summed E-state index contributed by atoms with van der Waals surface area (Å²) in [5.74, 6) is 0.358. The number of nitrogens with zero attached hydrogens (tertiary/aromatic N) is 3. The van der Waals surface area contributed by atoms with Gasteiger partial charge in [0.25, 0.3) is 5.91 Å². The third-order valence-electron chi connectivity index (χ3n) is 8.43. The number of hydrogen-bond donors (Lipinski definition) is 2. The highest BCUT2D eigenvalue weighted by atomic mass is 35.5. The van der Waals surface area contributed by atoms with Gasteiger partial charge in [-0.3, -0.25) is 4.79 Å². The molecule has 3 aromatic rings. The molecule has 1 aromatic heterocycles. The van der Waals surface area contributed by atoms with E-state index in [0.29, 0.717) is 52.4 Å². The monoisotopic (exact) mass is 661 g/mol. The highest BCUT2D eigenvalue weighted by Gasteiger charge is 2.44. The number of piperidine rings is 1. The van der Waals surface area contributed by atoms with Gasteiger partial charge in [-0.2, -0.15) is 12.7 Å². The first-order valence-electron chi connectivity index (χ1n) is 14.5. The summed E-state index contributed by atoms with van der Waals surface area (Å²) in [6.45, 7) is 0.306. The number of urea groups is 1. The van der Waals surface area contributed by atoms with E-state index in [-0.39, 0.29) is 29.8 Å². The van der Waals surface area contributed by atoms with Crippen molar-refractivity contribution in [3.63, 3.8) is 0 Å². The average Bonchev–Trinajstić information content (AvgIpc) is 3.68. The van der Waals surface area contributed by atoms with Crippen molar-refractivity contribution in [3.8, 4) is 11.3 Å². The lowest BCUT2D eigenvalue weighted by atomic mass is 9.99. The molecule has 234 valence electrons. The molecule has 3 heterocycles. The van der Waals surface area contributed by atoms with Crippen LogP contribution in [0.15, 0.2) is 47.0 Å². The van der Waals surface area contributed by atoms with Crippen LogP contribution in [0, 0.1) is 0 Å². The molecule has 2 aliphatic heterocycles. The molecule has 3 fully saturated rings. The number of amides is 3. The summed E-state index contributed by atoms with van der Waals surface area (Å²) < 4.78 is 39.3. The lowest BCUT2D eigenvalue weighted by Gasteiger charge is -2.38. The Morgan fingerprint density at radius 1 is 1.05 bits per heavy atom. The summed E-state index contributed by atoms with van der Waals surface area (Å²) in [6, 6.07) is 11.3. The van der Waals surface area contributed by atoms with Gasteiger partial charge < -0.3 is 19.5 Å². The van der Waals surface area contributed by atoms with Crippen molar-refractivity contribution in [3.05, 3.63) is 69.4 Å². The van der Waals surface area contributed by atoms with Gasteiger partial charge in [0.05, 0.1) is 22.8 Å². The Kier molecular flexibility index (Phi) is 8.64. The summed E-state index contributed by atoms with van der Waals surface area (Å²) in [7, 11) is -1.30. The zero-order valence-corrected chi connectivity index (χ0v) is 26.6. The fourth-order valence-electron chi connectivity index (χ4n) is 6.04. The molecule has 14 heteroatoms. The molecule has 2 atom stereocenters. The first-order chi connectivity index (χ1) is 21.0. The number of nitrogens with one attached hydrogen (secondary N) is 2. The summed E-state index contributed by atoms with van der Waals surface area (Å²) in [5.41, 5.74) is 2.63. The molecule has 2 aromatic carbocycles. The van der Waals surface area contributed by atoms with Gasteiger partial charge in [0.15, 0.2) is 0 Å². The molecular formula is C30H33Cl2N5O6S. The van der Waals surface area contributed by atoms with Crippen LogP contribution in [0.25, 0.3) is 11.3 Å². The van der Waals surface area contributed by atoms with Crippen molar-refractivity contribution < 1.29 is 27.3 Å². The maximum Gasteiger partial charge on any atom is 0.322 e. The third kappa shape index (κ3) is 6.32. The Hall–Kier alpha value is -3.16. The summed E-state index contributed by atoms with van der Waals surface area (Å²) in [4.78, 5) is 27.8. The number of fused-ring (bicyclic) bond motifs is 2. The first-order valence-corrected chi connectivity index (χ1v) is 16.7. The van der Waals surface area contributed by atoms with E-state index >= 15 is 0 Å². The van der Waals surface area contributed by atoms with E-state index in [2.05, 4.69) is 10.5 Å². The quantitative estimate of drug-likeness (QED) is 0.296. The largest absolute Gasteiger partial charge is 0.373 e. The van der Waals surface area contributed by atoms with Crippen molar-refractivity contribution in [2.24, 2.45) is 0 Å². The minimum Gasteiger partial charge on any atom is -0.373 e. The molecule has 1 aliphatic carbocycles. The van der Waals surface area contributed by atoms with Gasteiger partial charge in [-0.05, 0) is 68.9 Å². The number of halogens is 2. The number of carbonyl (C=O) groups excluding carboxylic acids is 2. The van der Waals surface area contributed by atoms with Crippen LogP contribution in [-0.2, 0) is 21.6 Å². The normalized spacial score (nSPS) is 21.5. The first kappa shape index (κ1) is 30.8. The van der Waals surface area contributed by atoms with E-state index < -0.39 is 16.1 Å². The Morgan fingerprint density at radius 3 is 2.34 bits per heavy atom. The van der Waals surface area contributed by atoms with Crippen LogP contribution in [0.5, 0.6) is 0 Å². The van der Waals surface area contributed by atoms with Gasteiger partial charge in [0.2, 0.25) is 0 Å². The van der Waals surface area contributed by atoms with E-state index in [1.165, 1.54) is 26.2 Å². The van der Waals surface area contributed by atoms with Crippen LogP contribution >= 0.6 is 23.2 Å². The number of anilines is 1. The summed E-state index contributed by atoms with van der Waals surface area (Å²) in [6.07, 6.45) is 5.12. The van der Waals surface area contributed by atoms with Crippen LogP contribution in [0.4, 0.5) is 10.5 Å². The highest BCUT2D eigenvalue weighted by molar-refractivity contribution is 7.87. The molecule has 44 heavy (non-hydrogen) atoms. The minimum atomic E-state index is -3.95. The number of ether oxygens (including phenoxy) is 1. The van der Waals surface area contributed by atoms with Crippen LogP contribution < -0.4 is 10.0 Å². The SMILES string of the molecule is CN(C)S(=O)(=O)NC(=O)c1cccc(NC(=O)N2C3CCC2CC(OCc2c(-c4c(Cl)cccc4Cl)noc2C2CC2)C3)c1. The number of rotatable bonds is 9. The van der Waals surface area contributed by atoms with Crippen LogP contribution in [0.2, 0.25) is 10.0 Å². The smallest absolute Gasteiger partial charge is 0.322 e. The van der Waals surface area contributed by atoms with E-state index in [1.54, 1.807) is 30.3 Å². The molecular weight excluding hydrogens is 629 g/mol. The fourth-order valence-corrected chi connectivity index (χ4v) is 7.15. The number of hydrogen-bond acceptors (Lipinski definition) is 7. The number of carbonyl (C=O) groups is 2. The topological polar surface area (TPSA) is 134 Å². The second-order valence-corrected chi connectivity index (χ2v) is 14.4. The van der Waals surface area contributed by atoms with Crippen molar-refractivity contribution in [1.29, 1.82) is 0 Å². The van der Waals surface area contributed by atoms with Gasteiger partial charge in [-0.1, -0.05) is 40.5 Å². The van der Waals surface area contributed by atoms with E-state index in [4.69, 9.17) is 32.5 Å². The zero-order valence-electron chi connectivity index (χ0n) is 24.3. The van der Waals surface area contributed by atoms with Gasteiger partial charge in [-0.15, -0.1) is 0 Å². The predicted molar refractivity (Wildman–Crippen MR) is 166 cm³/mol. The molecule has 2 saturated heterocycles. The lowest BCUT2D eigenvalue weighted by molar-refractivity contribution is -0.0158. The third-order valence-corrected chi connectivity index (χ3v) is 10.5. The van der Waals surface area contributed by atoms with Crippen LogP contribution in [-0.4, -0.2) is 67.0 Å². The van der Waals surface area contributed by atoms with Crippen molar-refractivity contribution in [2.45, 2.75) is 69.2 Å². The van der Waals surface area contributed by atoms with E-state index in [9.17, 15) is 18.0 Å². The molecule has 6 rings (SSSR count). The Bertz CT molecular complexity index is 1660. The van der Waals surface area contributed by atoms with Gasteiger partial charge in [0.1, 0.15) is 11.5 Å². The number of aromatic nitrogens is 1. The Labute approximate surface area is 266 Å². The molecule has 2 N–H and O–H groups in total. The second kappa shape index (κ2) is 12.3. The molecule has 3 amide bonds. The molecule has 2 unspecified atom stereocenters. The fraction of sp³-hybridized carbons (Fsp3) is 0.433. The van der Waals surface area contributed by atoms with Crippen LogP contribution in [0.1, 0.15) is 66.1 Å². The zero-order chi connectivity index (χ0) is 31.2. The van der Waals surface area contributed by atoms with Crippen molar-refractivity contribution in [1.82, 2.24) is 19.1 Å². The molecule has 2 bridgehead atoms. The standard InChI is InChI=1S/C30H33Cl2N5O6S/c1-36(2)44(40,41)35-29(38)18-5-3-6-19(13-18)33-30(39)37-20-11-12-21(37)15-22(14-20)42-16-23-27(34-43-28(23)17-9-10-17)26-24(31)7-4-8-25(26)32/h3-8,13,17,20-22H,9-12,14-16H2,1-2H3,(H,33,39)(H,35,38). The Morgan fingerprint density at radius 2 is 1.70 bits per heavy atom. The van der Waals surface area contributed by atoms with E-state index in [1.807, 2.05) is 9.62 Å². The second-order valence-electron chi connectivity index (χ2n) is 11.7. The van der Waals surface area contributed by atoms with Crippen LogP contribution in [0.3, 0.4) is 0 Å². The van der Waals surface area contributed by atoms with Gasteiger partial charge >= 0.3 is 16.2 Å². The average molecular weight is 663 g/mol. The minimum absolute atomic E-state index is 0.00155. The summed E-state index contributed by atoms with van der Waals surface area (Å²) in [5, 5.41) is 8.23. The van der Waals surface area contributed by atoms with Crippen molar-refractivity contribution >= 4 is 51.0 Å². The summed E-state index contributed by atoms with van der Waals surface area (Å²) >= 11 is 13.0. The molecule has 0 spiro atoms. The van der Waals surface area contributed by atoms with Gasteiger partial charge in [-0.25, -0.2) is 9.52 Å².